The average Bonchev–Trinajstić information content (AvgIpc) is 2.91. The molecule has 0 bridgehead atoms. The van der Waals surface area contributed by atoms with Crippen LogP contribution in [0.2, 0.25) is 0 Å². The summed E-state index contributed by atoms with van der Waals surface area (Å²) in [6.07, 6.45) is -0.336. The third kappa shape index (κ3) is 5.19. The summed E-state index contributed by atoms with van der Waals surface area (Å²) in [5.74, 6) is 0.0744. The van der Waals surface area contributed by atoms with Gasteiger partial charge in [0.2, 0.25) is 0 Å². The molecule has 0 saturated carbocycles. The van der Waals surface area contributed by atoms with Crippen molar-refractivity contribution in [1.29, 1.82) is 0 Å². The fourth-order valence-electron chi connectivity index (χ4n) is 4.55. The van der Waals surface area contributed by atoms with Crippen LogP contribution in [0.1, 0.15) is 36.6 Å². The van der Waals surface area contributed by atoms with E-state index in [9.17, 15) is 9.59 Å². The zero-order valence-corrected chi connectivity index (χ0v) is 20.7. The molecule has 186 valence electrons. The van der Waals surface area contributed by atoms with E-state index in [1.807, 2.05) is 97.1 Å². The molecule has 37 heavy (non-hydrogen) atoms. The van der Waals surface area contributed by atoms with E-state index < -0.39 is 18.0 Å². The maximum Gasteiger partial charge on any atom is 0.338 e. The number of nitrogens with one attached hydrogen (secondary N) is 2. The molecule has 4 aromatic rings. The maximum absolute atomic E-state index is 13.6. The fourth-order valence-corrected chi connectivity index (χ4v) is 4.55. The Morgan fingerprint density at radius 2 is 1.54 bits per heavy atom. The second-order valence-corrected chi connectivity index (χ2v) is 9.11. The molecule has 2 N–H and O–H groups in total. The van der Waals surface area contributed by atoms with Crippen molar-refractivity contribution in [2.45, 2.75) is 32.6 Å². The number of ether oxygens (including phenoxy) is 2. The van der Waals surface area contributed by atoms with E-state index in [2.05, 4.69) is 10.6 Å². The van der Waals surface area contributed by atoms with Crippen LogP contribution in [0.3, 0.4) is 0 Å². The Morgan fingerprint density at radius 1 is 0.865 bits per heavy atom. The predicted octanol–water partition coefficient (Wildman–Crippen LogP) is 6.14. The second-order valence-electron chi connectivity index (χ2n) is 9.11. The Morgan fingerprint density at radius 3 is 2.27 bits per heavy atom. The average molecular weight is 493 g/mol. The van der Waals surface area contributed by atoms with E-state index in [0.29, 0.717) is 34.8 Å². The second kappa shape index (κ2) is 10.6. The van der Waals surface area contributed by atoms with Gasteiger partial charge in [0.15, 0.2) is 0 Å². The number of rotatable bonds is 7. The Kier molecular flexibility index (Phi) is 6.90. The molecule has 1 aliphatic heterocycles. The van der Waals surface area contributed by atoms with Crippen LogP contribution in [-0.4, -0.2) is 18.1 Å². The summed E-state index contributed by atoms with van der Waals surface area (Å²) in [4.78, 5) is 26.6. The van der Waals surface area contributed by atoms with Gasteiger partial charge in [0.25, 0.3) is 0 Å². The molecular formula is C31H28N2O4. The maximum atomic E-state index is 13.6. The van der Waals surface area contributed by atoms with Crippen molar-refractivity contribution in [3.05, 3.63) is 119 Å². The standard InChI is InChI=1S/C31H28N2O4/c1-20(2)37-30(34)27-28(23-14-7-4-8-15-23)32-31(35)33-29(27)26-24-16-10-9-13-22(24)17-18-25(26)36-19-21-11-5-3-6-12-21/h3-18,20,29H,19H2,1-2H3,(H2,32,33,35). The van der Waals surface area contributed by atoms with Crippen molar-refractivity contribution in [2.75, 3.05) is 0 Å². The summed E-state index contributed by atoms with van der Waals surface area (Å²) in [6.45, 7) is 3.94. The molecule has 0 aliphatic carbocycles. The Balaban J connectivity index is 1.70. The van der Waals surface area contributed by atoms with Gasteiger partial charge in [0.05, 0.1) is 23.4 Å². The van der Waals surface area contributed by atoms with E-state index >= 15 is 0 Å². The lowest BCUT2D eigenvalue weighted by atomic mass is 9.89. The Hall–Kier alpha value is -4.58. The molecule has 0 fully saturated rings. The van der Waals surface area contributed by atoms with E-state index in [-0.39, 0.29) is 6.10 Å². The molecule has 0 saturated heterocycles. The third-order valence-corrected chi connectivity index (χ3v) is 6.15. The van der Waals surface area contributed by atoms with Gasteiger partial charge in [-0.1, -0.05) is 91.0 Å². The zero-order valence-electron chi connectivity index (χ0n) is 20.7. The van der Waals surface area contributed by atoms with Gasteiger partial charge in [0, 0.05) is 5.56 Å². The molecule has 4 aromatic carbocycles. The van der Waals surface area contributed by atoms with Crippen LogP contribution in [-0.2, 0) is 16.1 Å². The van der Waals surface area contributed by atoms with E-state index in [1.165, 1.54) is 0 Å². The first-order valence-electron chi connectivity index (χ1n) is 12.3. The first-order chi connectivity index (χ1) is 18.0. The number of esters is 1. The fraction of sp³-hybridized carbons (Fsp3) is 0.161. The van der Waals surface area contributed by atoms with Gasteiger partial charge in [-0.05, 0) is 41.8 Å². The molecule has 1 heterocycles. The van der Waals surface area contributed by atoms with Crippen molar-refractivity contribution < 1.29 is 19.1 Å². The molecule has 1 atom stereocenters. The molecule has 0 aromatic heterocycles. The molecule has 1 unspecified atom stereocenters. The van der Waals surface area contributed by atoms with Gasteiger partial charge in [0.1, 0.15) is 12.4 Å². The summed E-state index contributed by atoms with van der Waals surface area (Å²) in [6, 6.07) is 29.7. The number of carbonyl (C=O) groups is 2. The van der Waals surface area contributed by atoms with Crippen LogP contribution in [0, 0.1) is 0 Å². The quantitative estimate of drug-likeness (QED) is 0.304. The van der Waals surface area contributed by atoms with E-state index in [0.717, 1.165) is 16.3 Å². The molecule has 1 aliphatic rings. The largest absolute Gasteiger partial charge is 0.489 e. The van der Waals surface area contributed by atoms with Gasteiger partial charge in [-0.3, -0.25) is 0 Å². The molecule has 5 rings (SSSR count). The number of hydrogen-bond donors (Lipinski definition) is 2. The van der Waals surface area contributed by atoms with Gasteiger partial charge in [-0.15, -0.1) is 0 Å². The van der Waals surface area contributed by atoms with Crippen LogP contribution in [0.4, 0.5) is 4.79 Å². The van der Waals surface area contributed by atoms with Gasteiger partial charge >= 0.3 is 12.0 Å². The molecule has 2 amide bonds. The highest BCUT2D eigenvalue weighted by atomic mass is 16.5. The summed E-state index contributed by atoms with van der Waals surface area (Å²) >= 11 is 0. The molecular weight excluding hydrogens is 464 g/mol. The first-order valence-corrected chi connectivity index (χ1v) is 12.3. The molecule has 6 heteroatoms. The van der Waals surface area contributed by atoms with Crippen LogP contribution in [0.5, 0.6) is 5.75 Å². The Bertz CT molecular complexity index is 1460. The summed E-state index contributed by atoms with van der Waals surface area (Å²) in [5, 5.41) is 7.67. The van der Waals surface area contributed by atoms with E-state index in [1.54, 1.807) is 13.8 Å². The van der Waals surface area contributed by atoms with Crippen LogP contribution in [0.15, 0.2) is 103 Å². The molecule has 0 radical (unpaired) electrons. The number of urea groups is 1. The number of carbonyl (C=O) groups excluding carboxylic acids is 2. The smallest absolute Gasteiger partial charge is 0.338 e. The minimum atomic E-state index is -0.799. The summed E-state index contributed by atoms with van der Waals surface area (Å²) in [7, 11) is 0. The minimum Gasteiger partial charge on any atom is -0.489 e. The highest BCUT2D eigenvalue weighted by Gasteiger charge is 2.37. The summed E-state index contributed by atoms with van der Waals surface area (Å²) < 4.78 is 12.0. The van der Waals surface area contributed by atoms with Crippen molar-refractivity contribution in [3.8, 4) is 5.75 Å². The predicted molar refractivity (Wildman–Crippen MR) is 144 cm³/mol. The van der Waals surface area contributed by atoms with Crippen molar-refractivity contribution in [3.63, 3.8) is 0 Å². The number of hydrogen-bond acceptors (Lipinski definition) is 4. The normalized spacial score (nSPS) is 15.3. The SMILES string of the molecule is CC(C)OC(=O)C1=C(c2ccccc2)NC(=O)NC1c1c(OCc2ccccc2)ccc2ccccc12. The van der Waals surface area contributed by atoms with Crippen LogP contribution in [0.25, 0.3) is 16.5 Å². The van der Waals surface area contributed by atoms with Crippen molar-refractivity contribution in [1.82, 2.24) is 10.6 Å². The Labute approximate surface area is 215 Å². The van der Waals surface area contributed by atoms with Crippen molar-refractivity contribution in [2.24, 2.45) is 0 Å². The highest BCUT2D eigenvalue weighted by molar-refractivity contribution is 6.06. The minimum absolute atomic E-state index is 0.320. The number of fused-ring (bicyclic) bond motifs is 1. The van der Waals surface area contributed by atoms with Gasteiger partial charge < -0.3 is 20.1 Å². The topological polar surface area (TPSA) is 76.7 Å². The number of amides is 2. The van der Waals surface area contributed by atoms with Crippen LogP contribution < -0.4 is 15.4 Å². The lowest BCUT2D eigenvalue weighted by molar-refractivity contribution is -0.143. The van der Waals surface area contributed by atoms with Crippen LogP contribution >= 0.6 is 0 Å². The molecule has 0 spiro atoms. The monoisotopic (exact) mass is 492 g/mol. The number of benzene rings is 4. The lowest BCUT2D eigenvalue weighted by Gasteiger charge is -2.31. The summed E-state index contributed by atoms with van der Waals surface area (Å²) in [5.41, 5.74) is 3.16. The highest BCUT2D eigenvalue weighted by Crippen LogP contribution is 2.40. The van der Waals surface area contributed by atoms with E-state index in [4.69, 9.17) is 9.47 Å². The van der Waals surface area contributed by atoms with Gasteiger partial charge in [-0.2, -0.15) is 0 Å². The zero-order chi connectivity index (χ0) is 25.8. The first kappa shape index (κ1) is 24.1. The third-order valence-electron chi connectivity index (χ3n) is 6.15. The van der Waals surface area contributed by atoms with Crippen molar-refractivity contribution >= 4 is 28.5 Å². The lowest BCUT2D eigenvalue weighted by Crippen LogP contribution is -2.45. The molecule has 6 nitrogen and oxygen atoms in total. The van der Waals surface area contributed by atoms with Gasteiger partial charge in [-0.25, -0.2) is 9.59 Å².